The van der Waals surface area contributed by atoms with Gasteiger partial charge in [-0.3, -0.25) is 0 Å². The van der Waals surface area contributed by atoms with E-state index in [0.29, 0.717) is 6.10 Å². The van der Waals surface area contributed by atoms with Gasteiger partial charge in [-0.05, 0) is 37.3 Å². The van der Waals surface area contributed by atoms with Crippen molar-refractivity contribution in [1.29, 1.82) is 0 Å². The highest BCUT2D eigenvalue weighted by Crippen LogP contribution is 2.48. The van der Waals surface area contributed by atoms with Crippen LogP contribution in [-0.2, 0) is 16.8 Å². The summed E-state index contributed by atoms with van der Waals surface area (Å²) in [7, 11) is 0. The lowest BCUT2D eigenvalue weighted by Gasteiger charge is -2.08. The minimum atomic E-state index is -0.102. The first-order valence-electron chi connectivity index (χ1n) is 11.3. The van der Waals surface area contributed by atoms with Gasteiger partial charge in [-0.1, -0.05) is 83.1 Å². The maximum Gasteiger partial charge on any atom is 0.159 e. The Morgan fingerprint density at radius 1 is 0.857 bits per heavy atom. The van der Waals surface area contributed by atoms with E-state index in [1.54, 1.807) is 0 Å². The SMILES string of the molecule is CCCCCCCCc1cnc(-c2ccc([C@]3(C)O[C@H]3CCCC)cc2)nc1. The molecule has 1 saturated heterocycles. The van der Waals surface area contributed by atoms with Gasteiger partial charge in [0.2, 0.25) is 0 Å². The molecule has 3 nitrogen and oxygen atoms in total. The largest absolute Gasteiger partial charge is 0.361 e. The highest BCUT2D eigenvalue weighted by atomic mass is 16.6. The van der Waals surface area contributed by atoms with Crippen LogP contribution in [0.1, 0.15) is 89.7 Å². The van der Waals surface area contributed by atoms with Crippen LogP contribution in [0.3, 0.4) is 0 Å². The molecular formula is C25H36N2O. The minimum absolute atomic E-state index is 0.102. The zero-order chi connectivity index (χ0) is 19.8. The minimum Gasteiger partial charge on any atom is -0.361 e. The van der Waals surface area contributed by atoms with E-state index in [2.05, 4.69) is 55.0 Å². The monoisotopic (exact) mass is 380 g/mol. The van der Waals surface area contributed by atoms with Crippen molar-refractivity contribution in [3.63, 3.8) is 0 Å². The Bertz CT molecular complexity index is 710. The molecule has 1 aromatic carbocycles. The fourth-order valence-electron chi connectivity index (χ4n) is 3.93. The summed E-state index contributed by atoms with van der Waals surface area (Å²) in [5, 5.41) is 0. The third-order valence-electron chi connectivity index (χ3n) is 6.00. The van der Waals surface area contributed by atoms with Crippen molar-refractivity contribution in [3.05, 3.63) is 47.8 Å². The van der Waals surface area contributed by atoms with Crippen molar-refractivity contribution in [1.82, 2.24) is 9.97 Å². The number of epoxide rings is 1. The molecule has 2 aromatic rings. The van der Waals surface area contributed by atoms with E-state index in [1.165, 1.54) is 62.5 Å². The smallest absolute Gasteiger partial charge is 0.159 e. The molecule has 1 fully saturated rings. The molecule has 0 N–H and O–H groups in total. The fourth-order valence-corrected chi connectivity index (χ4v) is 3.93. The molecule has 1 aliphatic heterocycles. The van der Waals surface area contributed by atoms with Crippen LogP contribution in [0.5, 0.6) is 0 Å². The molecule has 0 amide bonds. The average Bonchev–Trinajstić information content (AvgIpc) is 3.41. The van der Waals surface area contributed by atoms with E-state index in [4.69, 9.17) is 4.74 Å². The van der Waals surface area contributed by atoms with Crippen LogP contribution >= 0.6 is 0 Å². The molecule has 3 heteroatoms. The number of unbranched alkanes of at least 4 members (excludes halogenated alkanes) is 6. The number of hydrogen-bond donors (Lipinski definition) is 0. The standard InChI is InChI=1S/C25H36N2O/c1-4-6-8-9-10-11-12-20-18-26-24(27-19-20)21-14-16-22(17-15-21)25(3)23(28-25)13-7-5-2/h14-19,23H,4-13H2,1-3H3/t23-,25-/m0/s1. The summed E-state index contributed by atoms with van der Waals surface area (Å²) in [5.74, 6) is 0.808. The van der Waals surface area contributed by atoms with Crippen LogP contribution in [-0.4, -0.2) is 16.1 Å². The van der Waals surface area contributed by atoms with Crippen LogP contribution in [0.4, 0.5) is 0 Å². The van der Waals surface area contributed by atoms with E-state index >= 15 is 0 Å². The van der Waals surface area contributed by atoms with Gasteiger partial charge in [0.05, 0.1) is 6.10 Å². The van der Waals surface area contributed by atoms with E-state index in [9.17, 15) is 0 Å². The summed E-state index contributed by atoms with van der Waals surface area (Å²) in [5.41, 5.74) is 3.48. The Morgan fingerprint density at radius 2 is 1.50 bits per heavy atom. The van der Waals surface area contributed by atoms with Crippen LogP contribution < -0.4 is 0 Å². The third-order valence-corrected chi connectivity index (χ3v) is 6.00. The summed E-state index contributed by atoms with van der Waals surface area (Å²) < 4.78 is 5.99. The Kier molecular flexibility index (Phi) is 7.61. The second-order valence-corrected chi connectivity index (χ2v) is 8.37. The summed E-state index contributed by atoms with van der Waals surface area (Å²) in [6.45, 7) is 6.69. The predicted octanol–water partition coefficient (Wildman–Crippen LogP) is 6.85. The quantitative estimate of drug-likeness (QED) is 0.298. The third kappa shape index (κ3) is 5.41. The zero-order valence-electron chi connectivity index (χ0n) is 17.9. The highest BCUT2D eigenvalue weighted by molar-refractivity contribution is 5.55. The van der Waals surface area contributed by atoms with Crippen molar-refractivity contribution >= 4 is 0 Å². The van der Waals surface area contributed by atoms with Gasteiger partial charge in [0.15, 0.2) is 5.82 Å². The highest BCUT2D eigenvalue weighted by Gasteiger charge is 2.52. The van der Waals surface area contributed by atoms with Gasteiger partial charge >= 0.3 is 0 Å². The lowest BCUT2D eigenvalue weighted by atomic mass is 9.94. The first-order chi connectivity index (χ1) is 13.7. The number of hydrogen-bond acceptors (Lipinski definition) is 3. The fraction of sp³-hybridized carbons (Fsp3) is 0.600. The first kappa shape index (κ1) is 21.0. The molecular weight excluding hydrogens is 344 g/mol. The molecule has 0 aliphatic carbocycles. The number of aromatic nitrogens is 2. The van der Waals surface area contributed by atoms with Crippen molar-refractivity contribution in [2.45, 2.75) is 96.7 Å². The van der Waals surface area contributed by atoms with E-state index in [1.807, 2.05) is 12.4 Å². The van der Waals surface area contributed by atoms with Gasteiger partial charge in [0, 0.05) is 18.0 Å². The van der Waals surface area contributed by atoms with E-state index < -0.39 is 0 Å². The Balaban J connectivity index is 1.50. The second-order valence-electron chi connectivity index (χ2n) is 8.37. The summed E-state index contributed by atoms with van der Waals surface area (Å²) in [4.78, 5) is 9.20. The Labute approximate surface area is 171 Å². The van der Waals surface area contributed by atoms with Crippen LogP contribution in [0.25, 0.3) is 11.4 Å². The van der Waals surface area contributed by atoms with E-state index in [0.717, 1.165) is 24.2 Å². The van der Waals surface area contributed by atoms with Crippen molar-refractivity contribution in [2.24, 2.45) is 0 Å². The molecule has 1 aliphatic rings. The molecule has 1 aromatic heterocycles. The Hall–Kier alpha value is -1.74. The molecule has 0 unspecified atom stereocenters. The van der Waals surface area contributed by atoms with Gasteiger partial charge in [0.1, 0.15) is 5.60 Å². The first-order valence-corrected chi connectivity index (χ1v) is 11.3. The van der Waals surface area contributed by atoms with Crippen LogP contribution in [0.2, 0.25) is 0 Å². The average molecular weight is 381 g/mol. The van der Waals surface area contributed by atoms with Gasteiger partial charge in [-0.15, -0.1) is 0 Å². The van der Waals surface area contributed by atoms with Gasteiger partial charge in [-0.25, -0.2) is 9.97 Å². The summed E-state index contributed by atoms with van der Waals surface area (Å²) in [6.07, 6.45) is 17.0. The number of ether oxygens (including phenoxy) is 1. The maximum absolute atomic E-state index is 5.99. The van der Waals surface area contributed by atoms with Gasteiger partial charge in [0.25, 0.3) is 0 Å². The Morgan fingerprint density at radius 3 is 2.18 bits per heavy atom. The molecule has 0 bridgehead atoms. The molecule has 152 valence electrons. The lowest BCUT2D eigenvalue weighted by molar-refractivity contribution is 0.308. The van der Waals surface area contributed by atoms with Gasteiger partial charge in [-0.2, -0.15) is 0 Å². The number of nitrogens with zero attached hydrogens (tertiary/aromatic N) is 2. The number of rotatable bonds is 12. The molecule has 0 radical (unpaired) electrons. The van der Waals surface area contributed by atoms with Crippen molar-refractivity contribution in [2.75, 3.05) is 0 Å². The van der Waals surface area contributed by atoms with Crippen LogP contribution in [0.15, 0.2) is 36.7 Å². The van der Waals surface area contributed by atoms with E-state index in [-0.39, 0.29) is 5.60 Å². The van der Waals surface area contributed by atoms with Gasteiger partial charge < -0.3 is 4.74 Å². The molecule has 0 saturated carbocycles. The van der Waals surface area contributed by atoms with Crippen molar-refractivity contribution < 1.29 is 4.74 Å². The number of aryl methyl sites for hydroxylation is 1. The second kappa shape index (κ2) is 10.2. The van der Waals surface area contributed by atoms with Crippen LogP contribution in [0, 0.1) is 0 Å². The molecule has 3 rings (SSSR count). The predicted molar refractivity (Wildman–Crippen MR) is 116 cm³/mol. The molecule has 2 heterocycles. The molecule has 28 heavy (non-hydrogen) atoms. The number of benzene rings is 1. The summed E-state index contributed by atoms with van der Waals surface area (Å²) >= 11 is 0. The topological polar surface area (TPSA) is 38.3 Å². The maximum atomic E-state index is 5.99. The molecule has 2 atom stereocenters. The summed E-state index contributed by atoms with van der Waals surface area (Å²) in [6, 6.07) is 8.60. The van der Waals surface area contributed by atoms with Crippen molar-refractivity contribution in [3.8, 4) is 11.4 Å². The normalized spacial score (nSPS) is 21.0. The molecule has 0 spiro atoms. The zero-order valence-corrected chi connectivity index (χ0v) is 17.9. The lowest BCUT2D eigenvalue weighted by Crippen LogP contribution is -2.07.